The zero-order chi connectivity index (χ0) is 23.0. The van der Waals surface area contributed by atoms with Crippen molar-refractivity contribution < 1.29 is 0 Å². The molecule has 1 heteroatoms. The lowest BCUT2D eigenvalue weighted by atomic mass is 10.0. The number of nitrogens with zero attached hydrogens (tertiary/aromatic N) is 1. The highest BCUT2D eigenvalue weighted by molar-refractivity contribution is 5.10. The fraction of sp³-hybridized carbons (Fsp3) is 0.839. The summed E-state index contributed by atoms with van der Waals surface area (Å²) in [5, 5.41) is 0. The van der Waals surface area contributed by atoms with Crippen molar-refractivity contribution in [1.82, 2.24) is 4.98 Å². The summed E-state index contributed by atoms with van der Waals surface area (Å²) < 4.78 is 0. The van der Waals surface area contributed by atoms with Gasteiger partial charge in [-0.3, -0.25) is 4.98 Å². The molecule has 0 saturated heterocycles. The van der Waals surface area contributed by atoms with E-state index >= 15 is 0 Å². The van der Waals surface area contributed by atoms with Gasteiger partial charge in [-0.2, -0.15) is 0 Å². The van der Waals surface area contributed by atoms with Gasteiger partial charge in [0.2, 0.25) is 0 Å². The van der Waals surface area contributed by atoms with Gasteiger partial charge in [0.25, 0.3) is 0 Å². The van der Waals surface area contributed by atoms with E-state index < -0.39 is 0 Å². The molecule has 0 atom stereocenters. The minimum atomic E-state index is 1.14. The molecular formula is C31H56N. The minimum Gasteiger partial charge on any atom is -0.258 e. The minimum absolute atomic E-state index is 1.14. The van der Waals surface area contributed by atoms with E-state index in [0.29, 0.717) is 0 Å². The van der Waals surface area contributed by atoms with Crippen LogP contribution in [0.15, 0.2) is 12.1 Å². The molecule has 1 aromatic rings. The Morgan fingerprint density at radius 1 is 0.438 bits per heavy atom. The third-order valence-electron chi connectivity index (χ3n) is 6.86. The maximum absolute atomic E-state index is 4.91. The number of rotatable bonds is 24. The number of aryl methyl sites for hydroxylation is 2. The van der Waals surface area contributed by atoms with Crippen LogP contribution in [-0.4, -0.2) is 4.98 Å². The first-order valence-corrected chi connectivity index (χ1v) is 14.7. The average Bonchev–Trinajstić information content (AvgIpc) is 2.81. The lowest BCUT2D eigenvalue weighted by molar-refractivity contribution is 0.547. The molecule has 0 aliphatic heterocycles. The molecule has 1 aromatic heterocycles. The summed E-state index contributed by atoms with van der Waals surface area (Å²) in [4.78, 5) is 4.91. The number of pyridine rings is 1. The number of aromatic nitrogens is 1. The fourth-order valence-electron chi connectivity index (χ4n) is 4.68. The van der Waals surface area contributed by atoms with E-state index in [1.807, 2.05) is 0 Å². The summed E-state index contributed by atoms with van der Waals surface area (Å²) in [6.45, 7) is 4.59. The summed E-state index contributed by atoms with van der Waals surface area (Å²) in [5.41, 5.74) is 2.53. The first-order chi connectivity index (χ1) is 15.9. The Labute approximate surface area is 202 Å². The summed E-state index contributed by atoms with van der Waals surface area (Å²) in [6, 6.07) is 7.57. The van der Waals surface area contributed by atoms with Crippen molar-refractivity contribution in [2.24, 2.45) is 0 Å². The normalized spacial score (nSPS) is 11.3. The molecule has 1 radical (unpaired) electrons. The monoisotopic (exact) mass is 442 g/mol. The largest absolute Gasteiger partial charge is 0.258 e. The van der Waals surface area contributed by atoms with Crippen LogP contribution < -0.4 is 0 Å². The maximum Gasteiger partial charge on any atom is 0.0413 e. The first kappa shape index (κ1) is 29.2. The van der Waals surface area contributed by atoms with Crippen molar-refractivity contribution in [1.29, 1.82) is 0 Å². The standard InChI is InChI=1S/C31H56N/c1-3-5-7-9-11-13-15-17-19-21-23-26-30-28-25-29-31(32-30)27-24-22-20-18-16-14-12-10-8-6-4-2/h28-29H,3-24,26-27H2,1-2H3. The fourth-order valence-corrected chi connectivity index (χ4v) is 4.68. The van der Waals surface area contributed by atoms with Gasteiger partial charge >= 0.3 is 0 Å². The van der Waals surface area contributed by atoms with Crippen LogP contribution in [0.25, 0.3) is 0 Å². The van der Waals surface area contributed by atoms with Gasteiger partial charge in [0.15, 0.2) is 0 Å². The van der Waals surface area contributed by atoms with Crippen LogP contribution in [0.1, 0.15) is 166 Å². The molecule has 0 bridgehead atoms. The zero-order valence-electron chi connectivity index (χ0n) is 22.1. The molecule has 1 heterocycles. The number of unbranched alkanes of at least 4 members (excludes halogenated alkanes) is 20. The second kappa shape index (κ2) is 23.3. The average molecular weight is 443 g/mol. The number of hydrogen-bond donors (Lipinski definition) is 0. The highest BCUT2D eigenvalue weighted by atomic mass is 14.7. The third-order valence-corrected chi connectivity index (χ3v) is 6.86. The van der Waals surface area contributed by atoms with Crippen LogP contribution in [0.4, 0.5) is 0 Å². The van der Waals surface area contributed by atoms with Gasteiger partial charge in [0, 0.05) is 11.4 Å². The predicted octanol–water partition coefficient (Wildman–Crippen LogP) is 10.6. The van der Waals surface area contributed by atoms with E-state index in [9.17, 15) is 0 Å². The van der Waals surface area contributed by atoms with Gasteiger partial charge in [0.1, 0.15) is 0 Å². The Kier molecular flexibility index (Phi) is 21.3. The molecule has 1 nitrogen and oxygen atoms in total. The molecular weight excluding hydrogens is 386 g/mol. The van der Waals surface area contributed by atoms with Crippen molar-refractivity contribution in [2.45, 2.75) is 168 Å². The van der Waals surface area contributed by atoms with Gasteiger partial charge in [-0.15, -0.1) is 0 Å². The Bertz CT molecular complexity index is 454. The van der Waals surface area contributed by atoms with E-state index in [1.165, 1.54) is 153 Å². The van der Waals surface area contributed by atoms with Crippen molar-refractivity contribution in [3.63, 3.8) is 0 Å². The van der Waals surface area contributed by atoms with Crippen LogP contribution in [0.3, 0.4) is 0 Å². The Morgan fingerprint density at radius 2 is 0.719 bits per heavy atom. The van der Waals surface area contributed by atoms with E-state index in [0.717, 1.165) is 12.8 Å². The Hall–Kier alpha value is -0.850. The van der Waals surface area contributed by atoms with Gasteiger partial charge in [-0.05, 0) is 43.9 Å². The Morgan fingerprint density at radius 3 is 1.03 bits per heavy atom. The van der Waals surface area contributed by atoms with Gasteiger partial charge in [-0.1, -0.05) is 142 Å². The van der Waals surface area contributed by atoms with Crippen LogP contribution >= 0.6 is 0 Å². The molecule has 0 unspecified atom stereocenters. The zero-order valence-corrected chi connectivity index (χ0v) is 22.1. The molecule has 32 heavy (non-hydrogen) atoms. The van der Waals surface area contributed by atoms with Gasteiger partial charge in [0.05, 0.1) is 0 Å². The second-order valence-electron chi connectivity index (χ2n) is 10.1. The summed E-state index contributed by atoms with van der Waals surface area (Å²) in [7, 11) is 0. The molecule has 1 rings (SSSR count). The van der Waals surface area contributed by atoms with Gasteiger partial charge < -0.3 is 0 Å². The van der Waals surface area contributed by atoms with Crippen molar-refractivity contribution >= 4 is 0 Å². The lowest BCUT2D eigenvalue weighted by Crippen LogP contribution is -1.96. The molecule has 0 fully saturated rings. The lowest BCUT2D eigenvalue weighted by Gasteiger charge is -2.06. The van der Waals surface area contributed by atoms with Crippen molar-refractivity contribution in [3.05, 3.63) is 29.6 Å². The molecule has 0 aliphatic carbocycles. The number of hydrogen-bond acceptors (Lipinski definition) is 1. The topological polar surface area (TPSA) is 12.9 Å². The van der Waals surface area contributed by atoms with E-state index in [2.05, 4.69) is 32.0 Å². The molecule has 185 valence electrons. The highest BCUT2D eigenvalue weighted by Gasteiger charge is 2.00. The molecule has 0 aliphatic rings. The summed E-state index contributed by atoms with van der Waals surface area (Å²) >= 11 is 0. The van der Waals surface area contributed by atoms with E-state index in [1.54, 1.807) is 0 Å². The summed E-state index contributed by atoms with van der Waals surface area (Å²) in [6.07, 6.45) is 33.2. The van der Waals surface area contributed by atoms with Crippen molar-refractivity contribution in [3.8, 4) is 0 Å². The van der Waals surface area contributed by atoms with Crippen LogP contribution in [0.5, 0.6) is 0 Å². The van der Waals surface area contributed by atoms with Crippen LogP contribution in [0, 0.1) is 6.07 Å². The quantitative estimate of drug-likeness (QED) is 0.145. The third kappa shape index (κ3) is 18.7. The van der Waals surface area contributed by atoms with Crippen LogP contribution in [-0.2, 0) is 12.8 Å². The van der Waals surface area contributed by atoms with Crippen LogP contribution in [0.2, 0.25) is 0 Å². The maximum atomic E-state index is 4.91. The molecule has 0 aromatic carbocycles. The SMILES string of the molecule is CCCCCCCCCCCCCc1c[c]cc(CCCCCCCCCCCCC)n1. The molecule has 0 spiro atoms. The van der Waals surface area contributed by atoms with E-state index in [4.69, 9.17) is 4.98 Å². The first-order valence-electron chi connectivity index (χ1n) is 14.7. The molecule has 0 saturated carbocycles. The highest BCUT2D eigenvalue weighted by Crippen LogP contribution is 2.14. The summed E-state index contributed by atoms with van der Waals surface area (Å²) in [5.74, 6) is 0. The van der Waals surface area contributed by atoms with E-state index in [-0.39, 0.29) is 0 Å². The molecule has 0 N–H and O–H groups in total. The Balaban J connectivity index is 1.94. The van der Waals surface area contributed by atoms with Gasteiger partial charge in [-0.25, -0.2) is 0 Å². The smallest absolute Gasteiger partial charge is 0.0413 e. The molecule has 0 amide bonds. The second-order valence-corrected chi connectivity index (χ2v) is 10.1. The van der Waals surface area contributed by atoms with Crippen molar-refractivity contribution in [2.75, 3.05) is 0 Å². The predicted molar refractivity (Wildman–Crippen MR) is 143 cm³/mol.